The first-order valence-corrected chi connectivity index (χ1v) is 4.85. The highest BCUT2D eigenvalue weighted by Crippen LogP contribution is 2.33. The van der Waals surface area contributed by atoms with Gasteiger partial charge in [-0.05, 0) is 20.8 Å². The second-order valence-corrected chi connectivity index (χ2v) is 3.91. The fourth-order valence-electron chi connectivity index (χ4n) is 0.950. The van der Waals surface area contributed by atoms with E-state index in [1.54, 1.807) is 13.8 Å². The van der Waals surface area contributed by atoms with Gasteiger partial charge in [0.05, 0.1) is 6.61 Å². The fraction of sp³-hybridized carbons (Fsp3) is 0.444. The topological polar surface area (TPSA) is 46.5 Å². The van der Waals surface area contributed by atoms with E-state index in [2.05, 4.69) is 0 Å². The van der Waals surface area contributed by atoms with Crippen LogP contribution in [-0.4, -0.2) is 17.7 Å². The van der Waals surface area contributed by atoms with Crippen molar-refractivity contribution in [1.82, 2.24) is 0 Å². The molecule has 1 N–H and O–H groups in total. The molecule has 72 valence electrons. The maximum absolute atomic E-state index is 11.3. The second kappa shape index (κ2) is 3.79. The van der Waals surface area contributed by atoms with Gasteiger partial charge in [-0.25, -0.2) is 4.79 Å². The number of aromatic hydroxyl groups is 1. The SMILES string of the molecule is CCOC(=O)c1sc(C)c(C)c1O. The molecule has 0 atom stereocenters. The number of thiophene rings is 1. The normalized spacial score (nSPS) is 10.1. The molecule has 0 amide bonds. The summed E-state index contributed by atoms with van der Waals surface area (Å²) in [5.41, 5.74) is 0.757. The van der Waals surface area contributed by atoms with Crippen molar-refractivity contribution in [3.63, 3.8) is 0 Å². The van der Waals surface area contributed by atoms with Gasteiger partial charge < -0.3 is 9.84 Å². The molecule has 0 spiro atoms. The molecule has 0 saturated heterocycles. The Balaban J connectivity index is 3.01. The highest BCUT2D eigenvalue weighted by Gasteiger charge is 2.18. The van der Waals surface area contributed by atoms with Crippen molar-refractivity contribution in [2.45, 2.75) is 20.8 Å². The molecule has 13 heavy (non-hydrogen) atoms. The summed E-state index contributed by atoms with van der Waals surface area (Å²) in [6, 6.07) is 0. The molecule has 0 bridgehead atoms. The molecule has 1 aromatic rings. The lowest BCUT2D eigenvalue weighted by atomic mass is 10.2. The Labute approximate surface area is 81.0 Å². The van der Waals surface area contributed by atoms with Crippen LogP contribution in [0.1, 0.15) is 27.0 Å². The second-order valence-electron chi connectivity index (χ2n) is 2.68. The average molecular weight is 200 g/mol. The van der Waals surface area contributed by atoms with Crippen molar-refractivity contribution >= 4 is 17.3 Å². The predicted molar refractivity (Wildman–Crippen MR) is 51.4 cm³/mol. The number of aryl methyl sites for hydroxylation is 1. The number of rotatable bonds is 2. The van der Waals surface area contributed by atoms with E-state index < -0.39 is 5.97 Å². The summed E-state index contributed by atoms with van der Waals surface area (Å²) < 4.78 is 4.79. The molecule has 0 saturated carbocycles. The third kappa shape index (κ3) is 1.83. The summed E-state index contributed by atoms with van der Waals surface area (Å²) in [7, 11) is 0. The molecule has 1 rings (SSSR count). The zero-order valence-electron chi connectivity index (χ0n) is 7.88. The van der Waals surface area contributed by atoms with Crippen molar-refractivity contribution in [1.29, 1.82) is 0 Å². The molecule has 3 nitrogen and oxygen atoms in total. The number of carbonyl (C=O) groups excluding carboxylic acids is 1. The van der Waals surface area contributed by atoms with Crippen molar-refractivity contribution in [3.05, 3.63) is 15.3 Å². The van der Waals surface area contributed by atoms with Crippen LogP contribution < -0.4 is 0 Å². The molecule has 4 heteroatoms. The first-order valence-electron chi connectivity index (χ1n) is 4.04. The summed E-state index contributed by atoms with van der Waals surface area (Å²) in [6.07, 6.45) is 0. The highest BCUT2D eigenvalue weighted by molar-refractivity contribution is 7.14. The Kier molecular flexibility index (Phi) is 2.93. The first-order chi connectivity index (χ1) is 6.07. The van der Waals surface area contributed by atoms with Gasteiger partial charge in [-0.15, -0.1) is 11.3 Å². The molecule has 0 aliphatic heterocycles. The standard InChI is InChI=1S/C9H12O3S/c1-4-12-9(11)8-7(10)5(2)6(3)13-8/h10H,4H2,1-3H3. The van der Waals surface area contributed by atoms with Gasteiger partial charge in [-0.1, -0.05) is 0 Å². The summed E-state index contributed by atoms with van der Waals surface area (Å²) in [5, 5.41) is 9.53. The van der Waals surface area contributed by atoms with Crippen LogP contribution >= 0.6 is 11.3 Å². The average Bonchev–Trinajstić information content (AvgIpc) is 2.33. The smallest absolute Gasteiger partial charge is 0.352 e. The van der Waals surface area contributed by atoms with E-state index in [0.29, 0.717) is 11.5 Å². The fourth-order valence-corrected chi connectivity index (χ4v) is 1.90. The van der Waals surface area contributed by atoms with Gasteiger partial charge in [0.15, 0.2) is 4.88 Å². The maximum atomic E-state index is 11.3. The van der Waals surface area contributed by atoms with Crippen LogP contribution in [0, 0.1) is 13.8 Å². The van der Waals surface area contributed by atoms with Gasteiger partial charge in [0.25, 0.3) is 0 Å². The molecular weight excluding hydrogens is 188 g/mol. The van der Waals surface area contributed by atoms with Gasteiger partial charge >= 0.3 is 5.97 Å². The third-order valence-electron chi connectivity index (χ3n) is 1.81. The van der Waals surface area contributed by atoms with Crippen LogP contribution in [0.25, 0.3) is 0 Å². The molecule has 1 heterocycles. The largest absolute Gasteiger partial charge is 0.506 e. The summed E-state index contributed by atoms with van der Waals surface area (Å²) in [5.74, 6) is -0.387. The van der Waals surface area contributed by atoms with Crippen LogP contribution in [0.2, 0.25) is 0 Å². The Bertz CT molecular complexity index is 328. The minimum Gasteiger partial charge on any atom is -0.506 e. The lowest BCUT2D eigenvalue weighted by Crippen LogP contribution is -2.02. The van der Waals surface area contributed by atoms with Crippen molar-refractivity contribution in [3.8, 4) is 5.75 Å². The number of esters is 1. The van der Waals surface area contributed by atoms with E-state index in [1.807, 2.05) is 6.92 Å². The minimum absolute atomic E-state index is 0.0564. The molecule has 1 aromatic heterocycles. The van der Waals surface area contributed by atoms with E-state index in [0.717, 1.165) is 10.4 Å². The third-order valence-corrected chi connectivity index (χ3v) is 2.99. The lowest BCUT2D eigenvalue weighted by molar-refractivity contribution is 0.0529. The van der Waals surface area contributed by atoms with Crippen molar-refractivity contribution in [2.75, 3.05) is 6.61 Å². The molecular formula is C9H12O3S. The molecule has 0 radical (unpaired) electrons. The quantitative estimate of drug-likeness (QED) is 0.745. The van der Waals surface area contributed by atoms with Crippen LogP contribution in [0.3, 0.4) is 0 Å². The van der Waals surface area contributed by atoms with E-state index in [9.17, 15) is 9.90 Å². The van der Waals surface area contributed by atoms with Gasteiger partial charge in [-0.3, -0.25) is 0 Å². The number of hydrogen-bond donors (Lipinski definition) is 1. The van der Waals surface area contributed by atoms with E-state index in [1.165, 1.54) is 11.3 Å². The van der Waals surface area contributed by atoms with Crippen molar-refractivity contribution < 1.29 is 14.6 Å². The zero-order chi connectivity index (χ0) is 10.0. The van der Waals surface area contributed by atoms with Gasteiger partial charge in [-0.2, -0.15) is 0 Å². The molecule has 0 unspecified atom stereocenters. The van der Waals surface area contributed by atoms with Gasteiger partial charge in [0.2, 0.25) is 0 Å². The Morgan fingerprint density at radius 1 is 1.54 bits per heavy atom. The number of hydrogen-bond acceptors (Lipinski definition) is 4. The minimum atomic E-state index is -0.443. The summed E-state index contributed by atoms with van der Waals surface area (Å²) in [6.45, 7) is 5.71. The van der Waals surface area contributed by atoms with Gasteiger partial charge in [0, 0.05) is 10.4 Å². The highest BCUT2D eigenvalue weighted by atomic mass is 32.1. The van der Waals surface area contributed by atoms with Crippen molar-refractivity contribution in [2.24, 2.45) is 0 Å². The molecule has 0 fully saturated rings. The van der Waals surface area contributed by atoms with E-state index in [-0.39, 0.29) is 5.75 Å². The summed E-state index contributed by atoms with van der Waals surface area (Å²) >= 11 is 1.26. The van der Waals surface area contributed by atoms with E-state index >= 15 is 0 Å². The van der Waals surface area contributed by atoms with E-state index in [4.69, 9.17) is 4.74 Å². The molecule has 0 aliphatic rings. The number of ether oxygens (including phenoxy) is 1. The first kappa shape index (κ1) is 10.1. The summed E-state index contributed by atoms with van der Waals surface area (Å²) in [4.78, 5) is 12.5. The van der Waals surface area contributed by atoms with Gasteiger partial charge in [0.1, 0.15) is 5.75 Å². The lowest BCUT2D eigenvalue weighted by Gasteiger charge is -1.98. The molecule has 0 aliphatic carbocycles. The van der Waals surface area contributed by atoms with Crippen LogP contribution in [0.5, 0.6) is 5.75 Å². The van der Waals surface area contributed by atoms with Crippen LogP contribution in [0.4, 0.5) is 0 Å². The molecule has 0 aromatic carbocycles. The Morgan fingerprint density at radius 2 is 2.15 bits per heavy atom. The number of carbonyl (C=O) groups is 1. The Morgan fingerprint density at radius 3 is 2.54 bits per heavy atom. The monoisotopic (exact) mass is 200 g/mol. The maximum Gasteiger partial charge on any atom is 0.352 e. The van der Waals surface area contributed by atoms with Crippen LogP contribution in [0.15, 0.2) is 0 Å². The predicted octanol–water partition coefficient (Wildman–Crippen LogP) is 2.25. The van der Waals surface area contributed by atoms with Crippen LogP contribution in [-0.2, 0) is 4.74 Å². The Hall–Kier alpha value is -1.03. The zero-order valence-corrected chi connectivity index (χ0v) is 8.70.